The Labute approximate surface area is 104 Å². The number of nitrogen functional groups attached to an aromatic ring is 1. The van der Waals surface area contributed by atoms with Crippen LogP contribution in [-0.2, 0) is 4.74 Å². The molecule has 0 radical (unpaired) electrons. The smallest absolute Gasteiger partial charge is 0.256 e. The van der Waals surface area contributed by atoms with Gasteiger partial charge in [0.05, 0.1) is 24.9 Å². The molecule has 2 rings (SSSR count). The first-order chi connectivity index (χ1) is 8.61. The van der Waals surface area contributed by atoms with E-state index >= 15 is 0 Å². The van der Waals surface area contributed by atoms with E-state index in [4.69, 9.17) is 15.6 Å². The van der Waals surface area contributed by atoms with E-state index in [1.807, 2.05) is 0 Å². The van der Waals surface area contributed by atoms with E-state index in [-0.39, 0.29) is 30.3 Å². The summed E-state index contributed by atoms with van der Waals surface area (Å²) < 4.78 is 18.4. The van der Waals surface area contributed by atoms with Gasteiger partial charge in [-0.3, -0.25) is 4.79 Å². The number of nitrogens with two attached hydrogens (primary N) is 1. The lowest BCUT2D eigenvalue weighted by Gasteiger charge is -2.32. The van der Waals surface area contributed by atoms with Crippen LogP contribution in [0.2, 0.25) is 0 Å². The summed E-state index contributed by atoms with van der Waals surface area (Å²) in [6.45, 7) is 0.894. The maximum absolute atomic E-state index is 13.1. The molecule has 6 heteroatoms. The predicted octanol–water partition coefficient (Wildman–Crippen LogP) is 0.241. The van der Waals surface area contributed by atoms with Gasteiger partial charge in [0.15, 0.2) is 0 Å². The normalized spacial score (nSPS) is 19.9. The summed E-state index contributed by atoms with van der Waals surface area (Å²) >= 11 is 0. The average Bonchev–Trinajstić information content (AvgIpc) is 2.41. The van der Waals surface area contributed by atoms with Gasteiger partial charge in [-0.1, -0.05) is 0 Å². The van der Waals surface area contributed by atoms with Crippen molar-refractivity contribution in [1.29, 1.82) is 0 Å². The SMILES string of the molecule is Nc1ccc(F)cc1C(=O)N1CCOC(CO)C1. The Kier molecular flexibility index (Phi) is 3.78. The minimum Gasteiger partial charge on any atom is -0.398 e. The van der Waals surface area contributed by atoms with Gasteiger partial charge in [-0.25, -0.2) is 4.39 Å². The molecule has 98 valence electrons. The number of aliphatic hydroxyl groups excluding tert-OH is 1. The van der Waals surface area contributed by atoms with Crippen molar-refractivity contribution < 1.29 is 19.0 Å². The second kappa shape index (κ2) is 5.32. The van der Waals surface area contributed by atoms with Crippen LogP contribution in [0.1, 0.15) is 10.4 Å². The van der Waals surface area contributed by atoms with Gasteiger partial charge >= 0.3 is 0 Å². The Bertz CT molecular complexity index is 453. The maximum atomic E-state index is 13.1. The molecule has 1 aromatic rings. The number of anilines is 1. The third kappa shape index (κ3) is 2.60. The zero-order valence-corrected chi connectivity index (χ0v) is 9.80. The Morgan fingerprint density at radius 3 is 3.11 bits per heavy atom. The van der Waals surface area contributed by atoms with Crippen LogP contribution >= 0.6 is 0 Å². The molecule has 3 N–H and O–H groups in total. The van der Waals surface area contributed by atoms with Gasteiger partial charge in [0.1, 0.15) is 5.82 Å². The van der Waals surface area contributed by atoms with Crippen molar-refractivity contribution in [3.63, 3.8) is 0 Å². The van der Waals surface area contributed by atoms with Crippen molar-refractivity contribution in [3.8, 4) is 0 Å². The summed E-state index contributed by atoms with van der Waals surface area (Å²) in [5.41, 5.74) is 6.06. The minimum atomic E-state index is -0.500. The molecule has 1 aliphatic heterocycles. The monoisotopic (exact) mass is 254 g/mol. The third-order valence-corrected chi connectivity index (χ3v) is 2.88. The second-order valence-electron chi connectivity index (χ2n) is 4.16. The molecule has 0 aromatic heterocycles. The quantitative estimate of drug-likeness (QED) is 0.741. The molecule has 1 amide bonds. The van der Waals surface area contributed by atoms with Gasteiger partial charge in [0, 0.05) is 18.8 Å². The zero-order valence-electron chi connectivity index (χ0n) is 9.80. The fourth-order valence-corrected chi connectivity index (χ4v) is 1.90. The lowest BCUT2D eigenvalue weighted by molar-refractivity contribution is -0.0447. The van der Waals surface area contributed by atoms with Crippen molar-refractivity contribution >= 4 is 11.6 Å². The molecule has 0 saturated carbocycles. The van der Waals surface area contributed by atoms with Crippen molar-refractivity contribution in [2.75, 3.05) is 32.0 Å². The molecule has 1 fully saturated rings. The number of hydrogen-bond donors (Lipinski definition) is 2. The number of hydrogen-bond acceptors (Lipinski definition) is 4. The van der Waals surface area contributed by atoms with Gasteiger partial charge < -0.3 is 20.5 Å². The van der Waals surface area contributed by atoms with Crippen molar-refractivity contribution in [3.05, 3.63) is 29.6 Å². The molecule has 1 heterocycles. The van der Waals surface area contributed by atoms with Crippen molar-refractivity contribution in [2.45, 2.75) is 6.10 Å². The van der Waals surface area contributed by atoms with Crippen LogP contribution in [-0.4, -0.2) is 48.3 Å². The highest BCUT2D eigenvalue weighted by molar-refractivity contribution is 5.99. The highest BCUT2D eigenvalue weighted by atomic mass is 19.1. The van der Waals surface area contributed by atoms with Crippen molar-refractivity contribution in [1.82, 2.24) is 4.90 Å². The topological polar surface area (TPSA) is 75.8 Å². The number of amides is 1. The number of ether oxygens (including phenoxy) is 1. The summed E-state index contributed by atoms with van der Waals surface area (Å²) in [6, 6.07) is 3.70. The molecule has 0 bridgehead atoms. The number of halogens is 1. The standard InChI is InChI=1S/C12H15FN2O3/c13-8-1-2-11(14)10(5-8)12(17)15-3-4-18-9(6-15)7-16/h1-2,5,9,16H,3-4,6-7,14H2. The fraction of sp³-hybridized carbons (Fsp3) is 0.417. The van der Waals surface area contributed by atoms with E-state index < -0.39 is 11.9 Å². The van der Waals surface area contributed by atoms with Crippen LogP contribution < -0.4 is 5.73 Å². The van der Waals surface area contributed by atoms with Gasteiger partial charge in [0.25, 0.3) is 5.91 Å². The highest BCUT2D eigenvalue weighted by Crippen LogP contribution is 2.17. The van der Waals surface area contributed by atoms with E-state index in [1.165, 1.54) is 17.0 Å². The van der Waals surface area contributed by atoms with Crippen LogP contribution in [0, 0.1) is 5.82 Å². The molecule has 5 nitrogen and oxygen atoms in total. The van der Waals surface area contributed by atoms with Gasteiger partial charge in [-0.2, -0.15) is 0 Å². The van der Waals surface area contributed by atoms with Crippen LogP contribution in [0.3, 0.4) is 0 Å². The summed E-state index contributed by atoms with van der Waals surface area (Å²) in [5, 5.41) is 9.01. The number of aliphatic hydroxyl groups is 1. The maximum Gasteiger partial charge on any atom is 0.256 e. The fourth-order valence-electron chi connectivity index (χ4n) is 1.90. The molecular formula is C12H15FN2O3. The molecule has 18 heavy (non-hydrogen) atoms. The van der Waals surface area contributed by atoms with Crippen LogP contribution in [0.5, 0.6) is 0 Å². The number of carbonyl (C=O) groups excluding carboxylic acids is 1. The first-order valence-electron chi connectivity index (χ1n) is 5.68. The van der Waals surface area contributed by atoms with E-state index in [2.05, 4.69) is 0 Å². The number of morpholine rings is 1. The summed E-state index contributed by atoms with van der Waals surface area (Å²) in [6.07, 6.45) is -0.391. The Balaban J connectivity index is 2.17. The predicted molar refractivity (Wildman–Crippen MR) is 63.5 cm³/mol. The number of nitrogens with zero attached hydrogens (tertiary/aromatic N) is 1. The first-order valence-corrected chi connectivity index (χ1v) is 5.68. The van der Waals surface area contributed by atoms with E-state index in [9.17, 15) is 9.18 Å². The van der Waals surface area contributed by atoms with E-state index in [0.29, 0.717) is 13.2 Å². The van der Waals surface area contributed by atoms with Crippen LogP contribution in [0.15, 0.2) is 18.2 Å². The Morgan fingerprint density at radius 2 is 2.39 bits per heavy atom. The lowest BCUT2D eigenvalue weighted by Crippen LogP contribution is -2.47. The number of benzene rings is 1. The van der Waals surface area contributed by atoms with Crippen LogP contribution in [0.25, 0.3) is 0 Å². The number of carbonyl (C=O) groups is 1. The highest BCUT2D eigenvalue weighted by Gasteiger charge is 2.25. The minimum absolute atomic E-state index is 0.147. The number of rotatable bonds is 2. The molecule has 1 unspecified atom stereocenters. The summed E-state index contributed by atoms with van der Waals surface area (Å²) in [5.74, 6) is -0.840. The average molecular weight is 254 g/mol. The zero-order chi connectivity index (χ0) is 13.1. The second-order valence-corrected chi connectivity index (χ2v) is 4.16. The Hall–Kier alpha value is -1.66. The molecule has 1 aliphatic rings. The molecule has 0 spiro atoms. The molecular weight excluding hydrogens is 239 g/mol. The summed E-state index contributed by atoms with van der Waals surface area (Å²) in [4.78, 5) is 13.7. The van der Waals surface area contributed by atoms with Gasteiger partial charge in [-0.15, -0.1) is 0 Å². The third-order valence-electron chi connectivity index (χ3n) is 2.88. The molecule has 1 atom stereocenters. The molecule has 0 aliphatic carbocycles. The van der Waals surface area contributed by atoms with Gasteiger partial charge in [0.2, 0.25) is 0 Å². The Morgan fingerprint density at radius 1 is 1.61 bits per heavy atom. The lowest BCUT2D eigenvalue weighted by atomic mass is 10.1. The van der Waals surface area contributed by atoms with Crippen molar-refractivity contribution in [2.24, 2.45) is 0 Å². The molecule has 1 saturated heterocycles. The summed E-state index contributed by atoms with van der Waals surface area (Å²) in [7, 11) is 0. The first kappa shape index (κ1) is 12.8. The van der Waals surface area contributed by atoms with Crippen LogP contribution in [0.4, 0.5) is 10.1 Å². The van der Waals surface area contributed by atoms with E-state index in [1.54, 1.807) is 0 Å². The largest absolute Gasteiger partial charge is 0.398 e. The van der Waals surface area contributed by atoms with Gasteiger partial charge in [-0.05, 0) is 18.2 Å². The molecule has 1 aromatic carbocycles. The van der Waals surface area contributed by atoms with E-state index in [0.717, 1.165) is 6.07 Å².